The molecule has 0 aliphatic carbocycles. The molecule has 0 spiro atoms. The van der Waals surface area contributed by atoms with Crippen molar-refractivity contribution in [2.24, 2.45) is 0 Å². The van der Waals surface area contributed by atoms with E-state index in [0.29, 0.717) is 0 Å². The number of carbonyl (C=O) groups excluding carboxylic acids is 1. The molecule has 0 amide bonds. The number of ketones is 1. The van der Waals surface area contributed by atoms with E-state index in [0.717, 1.165) is 6.08 Å². The molecule has 1 N–H and O–H groups in total. The Morgan fingerprint density at radius 3 is 2.81 bits per heavy atom. The fourth-order valence-corrected chi connectivity index (χ4v) is 1.58. The Morgan fingerprint density at radius 1 is 1.69 bits per heavy atom. The van der Waals surface area contributed by atoms with Gasteiger partial charge in [0, 0.05) is 38.8 Å². The molecule has 8 heteroatoms. The van der Waals surface area contributed by atoms with Gasteiger partial charge in [-0.1, -0.05) is 0 Å². The van der Waals surface area contributed by atoms with Crippen molar-refractivity contribution in [3.8, 4) is 0 Å². The minimum atomic E-state index is -1.68. The quantitative estimate of drug-likeness (QED) is 0.507. The standard InChI is InChI=1S/C8H12N3O3P.Y/c1-6(12)3-7(13)8-9-4-11(10-8)5-15(2)14;/h3-4,13,15H,5H2,1-2H3;/b7-3-;. The second-order valence-corrected chi connectivity index (χ2v) is 4.83. The van der Waals surface area contributed by atoms with Gasteiger partial charge in [0.15, 0.2) is 11.5 Å². The molecule has 0 aliphatic rings. The minimum absolute atomic E-state index is 0. The predicted molar refractivity (Wildman–Crippen MR) is 56.2 cm³/mol. The van der Waals surface area contributed by atoms with Gasteiger partial charge in [-0.2, -0.15) is 0 Å². The fraction of sp³-hybridized carbons (Fsp3) is 0.375. The van der Waals surface area contributed by atoms with Crippen LogP contribution in [0.1, 0.15) is 12.7 Å². The average molecular weight is 318 g/mol. The number of hydrogen-bond acceptors (Lipinski definition) is 5. The van der Waals surface area contributed by atoms with Gasteiger partial charge in [0.05, 0.1) is 14.1 Å². The molecule has 1 heterocycles. The van der Waals surface area contributed by atoms with Gasteiger partial charge in [-0.25, -0.2) is 9.67 Å². The first-order valence-electron chi connectivity index (χ1n) is 4.29. The molecule has 6 nitrogen and oxygen atoms in total. The first-order chi connectivity index (χ1) is 6.99. The monoisotopic (exact) mass is 318 g/mol. The van der Waals surface area contributed by atoms with Gasteiger partial charge in [-0.05, 0) is 13.6 Å². The molecule has 1 aromatic rings. The third kappa shape index (κ3) is 5.15. The normalized spacial score (nSPS) is 13.0. The van der Waals surface area contributed by atoms with E-state index in [2.05, 4.69) is 10.1 Å². The molecule has 0 bridgehead atoms. The van der Waals surface area contributed by atoms with Crippen LogP contribution in [0.25, 0.3) is 5.76 Å². The largest absolute Gasteiger partial charge is 0.504 e. The van der Waals surface area contributed by atoms with Crippen LogP contribution in [0.15, 0.2) is 12.4 Å². The third-order valence-electron chi connectivity index (χ3n) is 1.49. The van der Waals surface area contributed by atoms with E-state index in [9.17, 15) is 14.5 Å². The van der Waals surface area contributed by atoms with Crippen molar-refractivity contribution in [1.29, 1.82) is 0 Å². The van der Waals surface area contributed by atoms with Crippen molar-refractivity contribution in [2.75, 3.05) is 6.66 Å². The third-order valence-corrected chi connectivity index (χ3v) is 2.26. The number of nitrogens with zero attached hydrogens (tertiary/aromatic N) is 3. The van der Waals surface area contributed by atoms with E-state index in [1.807, 2.05) is 0 Å². The van der Waals surface area contributed by atoms with Crippen molar-refractivity contribution in [2.45, 2.75) is 13.2 Å². The summed E-state index contributed by atoms with van der Waals surface area (Å²) in [5.41, 5.74) is 0. The maximum atomic E-state index is 10.9. The summed E-state index contributed by atoms with van der Waals surface area (Å²) in [7, 11) is -1.68. The summed E-state index contributed by atoms with van der Waals surface area (Å²) >= 11 is 0. The van der Waals surface area contributed by atoms with Crippen LogP contribution in [0, 0.1) is 0 Å². The topological polar surface area (TPSA) is 85.1 Å². The Balaban J connectivity index is 0.00000225. The molecule has 1 aromatic heterocycles. The van der Waals surface area contributed by atoms with Gasteiger partial charge < -0.3 is 9.67 Å². The van der Waals surface area contributed by atoms with Crippen LogP contribution in [0.4, 0.5) is 0 Å². The summed E-state index contributed by atoms with van der Waals surface area (Å²) < 4.78 is 12.3. The molecule has 85 valence electrons. The van der Waals surface area contributed by atoms with Gasteiger partial charge in [0.25, 0.3) is 0 Å². The zero-order valence-electron chi connectivity index (χ0n) is 9.04. The van der Waals surface area contributed by atoms with Crippen LogP contribution in [-0.2, 0) is 48.4 Å². The van der Waals surface area contributed by atoms with Gasteiger partial charge in [0.1, 0.15) is 6.33 Å². The zero-order chi connectivity index (χ0) is 11.4. The van der Waals surface area contributed by atoms with Gasteiger partial charge in [0.2, 0.25) is 5.82 Å². The van der Waals surface area contributed by atoms with Crippen molar-refractivity contribution < 1.29 is 47.2 Å². The van der Waals surface area contributed by atoms with E-state index >= 15 is 0 Å². The molecule has 1 rings (SSSR count). The van der Waals surface area contributed by atoms with Crippen LogP contribution in [0.5, 0.6) is 0 Å². The molecular weight excluding hydrogens is 306 g/mol. The molecule has 1 radical (unpaired) electrons. The molecule has 0 saturated heterocycles. The maximum Gasteiger partial charge on any atom is 0.216 e. The van der Waals surface area contributed by atoms with Gasteiger partial charge in [-0.3, -0.25) is 4.79 Å². The Kier molecular flexibility index (Phi) is 6.96. The average Bonchev–Trinajstić information content (AvgIpc) is 2.50. The summed E-state index contributed by atoms with van der Waals surface area (Å²) in [5.74, 6) is -0.501. The zero-order valence-corrected chi connectivity index (χ0v) is 12.9. The molecular formula is C8H12N3O3PY. The first kappa shape index (κ1) is 15.7. The van der Waals surface area contributed by atoms with Crippen molar-refractivity contribution in [1.82, 2.24) is 14.8 Å². The summed E-state index contributed by atoms with van der Waals surface area (Å²) in [5, 5.41) is 13.2. The minimum Gasteiger partial charge on any atom is -0.504 e. The van der Waals surface area contributed by atoms with Crippen molar-refractivity contribution >= 4 is 19.3 Å². The number of aromatic nitrogens is 3. The summed E-state index contributed by atoms with van der Waals surface area (Å²) in [4.78, 5) is 14.4. The Morgan fingerprint density at radius 2 is 2.31 bits per heavy atom. The number of aliphatic hydroxyl groups excluding tert-OH is 1. The Bertz CT molecular complexity index is 430. The van der Waals surface area contributed by atoms with Gasteiger partial charge in [-0.15, -0.1) is 5.10 Å². The van der Waals surface area contributed by atoms with Crippen LogP contribution in [-0.4, -0.2) is 32.3 Å². The van der Waals surface area contributed by atoms with E-state index in [1.54, 1.807) is 6.66 Å². The van der Waals surface area contributed by atoms with E-state index < -0.39 is 7.80 Å². The predicted octanol–water partition coefficient (Wildman–Crippen LogP) is 0.910. The van der Waals surface area contributed by atoms with E-state index in [4.69, 9.17) is 0 Å². The molecule has 0 aromatic carbocycles. The van der Waals surface area contributed by atoms with E-state index in [1.165, 1.54) is 17.9 Å². The number of rotatable bonds is 4. The van der Waals surface area contributed by atoms with Crippen molar-refractivity contribution in [3.63, 3.8) is 0 Å². The molecule has 0 aliphatic heterocycles. The molecule has 1 unspecified atom stereocenters. The van der Waals surface area contributed by atoms with Gasteiger partial charge >= 0.3 is 0 Å². The second-order valence-electron chi connectivity index (χ2n) is 3.11. The van der Waals surface area contributed by atoms with Crippen LogP contribution < -0.4 is 0 Å². The molecule has 1 atom stereocenters. The first-order valence-corrected chi connectivity index (χ1v) is 6.41. The number of hydrogen-bond donors (Lipinski definition) is 1. The summed E-state index contributed by atoms with van der Waals surface area (Å²) in [6.07, 6.45) is 2.69. The number of aliphatic hydroxyl groups is 1. The maximum absolute atomic E-state index is 10.9. The van der Waals surface area contributed by atoms with Crippen LogP contribution in [0.2, 0.25) is 0 Å². The Labute approximate surface area is 119 Å². The van der Waals surface area contributed by atoms with Crippen LogP contribution >= 0.6 is 7.80 Å². The van der Waals surface area contributed by atoms with Crippen LogP contribution in [0.3, 0.4) is 0 Å². The number of carbonyl (C=O) groups is 1. The number of allylic oxidation sites excluding steroid dienone is 1. The smallest absolute Gasteiger partial charge is 0.216 e. The Hall–Kier alpha value is -0.316. The fourth-order valence-electron chi connectivity index (χ4n) is 0.973. The molecule has 0 saturated carbocycles. The summed E-state index contributed by atoms with van der Waals surface area (Å²) in [6.45, 7) is 2.93. The second kappa shape index (κ2) is 7.10. The van der Waals surface area contributed by atoms with E-state index in [-0.39, 0.29) is 56.4 Å². The van der Waals surface area contributed by atoms with Crippen molar-refractivity contribution in [3.05, 3.63) is 18.2 Å². The summed E-state index contributed by atoms with van der Waals surface area (Å²) in [6, 6.07) is 0. The SMILES string of the molecule is CC(=O)/C=C(\O)c1ncn(C[PH](C)=O)n1.[Y]. The molecule has 0 fully saturated rings. The molecule has 16 heavy (non-hydrogen) atoms.